The topological polar surface area (TPSA) is 80.1 Å². The van der Waals surface area contributed by atoms with Gasteiger partial charge in [0, 0.05) is 36.8 Å². The van der Waals surface area contributed by atoms with Gasteiger partial charge < -0.3 is 5.32 Å². The van der Waals surface area contributed by atoms with Crippen molar-refractivity contribution < 1.29 is 4.79 Å². The van der Waals surface area contributed by atoms with Crippen LogP contribution in [0.15, 0.2) is 23.5 Å². The molecule has 7 heteroatoms. The van der Waals surface area contributed by atoms with E-state index < -0.39 is 0 Å². The van der Waals surface area contributed by atoms with Crippen molar-refractivity contribution in [1.82, 2.24) is 19.0 Å². The quantitative estimate of drug-likeness (QED) is 0.875. The van der Waals surface area contributed by atoms with Crippen LogP contribution in [0.1, 0.15) is 35.9 Å². The second kappa shape index (κ2) is 6.74. The molecule has 0 amide bonds. The summed E-state index contributed by atoms with van der Waals surface area (Å²) in [6, 6.07) is 1.99. The fourth-order valence-corrected chi connectivity index (χ4v) is 2.87. The van der Waals surface area contributed by atoms with Gasteiger partial charge >= 0.3 is 0 Å². The lowest BCUT2D eigenvalue weighted by atomic mass is 10.1. The number of aryl methyl sites for hydroxylation is 1. The molecule has 0 spiro atoms. The van der Waals surface area contributed by atoms with E-state index in [1.54, 1.807) is 6.20 Å². The summed E-state index contributed by atoms with van der Waals surface area (Å²) < 4.78 is 8.04. The van der Waals surface area contributed by atoms with Crippen molar-refractivity contribution in [2.24, 2.45) is 4.99 Å². The van der Waals surface area contributed by atoms with Crippen LogP contribution in [-0.4, -0.2) is 31.9 Å². The number of aromatic nitrogens is 3. The fraction of sp³-hybridized carbons (Fsp3) is 0.400. The van der Waals surface area contributed by atoms with Gasteiger partial charge in [0.1, 0.15) is 11.6 Å². The number of hydrogen-bond donors (Lipinski definition) is 1. The Hall–Kier alpha value is -2.15. The molecule has 0 radical (unpaired) electrons. The summed E-state index contributed by atoms with van der Waals surface area (Å²) in [5.41, 5.74) is 3.88. The van der Waals surface area contributed by atoms with E-state index in [4.69, 9.17) is 0 Å². The minimum absolute atomic E-state index is 0.172. The van der Waals surface area contributed by atoms with Gasteiger partial charge in [0.15, 0.2) is 0 Å². The Morgan fingerprint density at radius 2 is 2.27 bits per heavy atom. The molecule has 0 bridgehead atoms. The van der Waals surface area contributed by atoms with Crippen LogP contribution in [0.3, 0.4) is 0 Å². The lowest BCUT2D eigenvalue weighted by molar-refractivity contribution is -0.118. The van der Waals surface area contributed by atoms with Gasteiger partial charge in [-0.3, -0.25) is 14.8 Å². The summed E-state index contributed by atoms with van der Waals surface area (Å²) >= 11 is 1.17. The van der Waals surface area contributed by atoms with E-state index >= 15 is 0 Å². The van der Waals surface area contributed by atoms with Gasteiger partial charge in [-0.2, -0.15) is 8.75 Å². The highest BCUT2D eigenvalue weighted by Gasteiger charge is 2.17. The van der Waals surface area contributed by atoms with Crippen LogP contribution >= 0.6 is 11.7 Å². The number of ketones is 1. The van der Waals surface area contributed by atoms with Crippen LogP contribution in [0.25, 0.3) is 0 Å². The van der Waals surface area contributed by atoms with Gasteiger partial charge in [-0.05, 0) is 25.0 Å². The van der Waals surface area contributed by atoms with Crippen molar-refractivity contribution >= 4 is 23.3 Å². The summed E-state index contributed by atoms with van der Waals surface area (Å²) in [5, 5.41) is 3.23. The summed E-state index contributed by atoms with van der Waals surface area (Å²) in [6.45, 7) is 3.54. The fourth-order valence-electron chi connectivity index (χ4n) is 2.41. The molecule has 3 heterocycles. The minimum atomic E-state index is 0.172. The number of aliphatic imine (C=N–C) groups is 1. The maximum absolute atomic E-state index is 12.0. The molecule has 0 saturated heterocycles. The lowest BCUT2D eigenvalue weighted by Crippen LogP contribution is -2.22. The summed E-state index contributed by atoms with van der Waals surface area (Å²) in [4.78, 5) is 20.9. The molecule has 6 nitrogen and oxygen atoms in total. The molecule has 22 heavy (non-hydrogen) atoms. The normalized spacial score (nSPS) is 12.9. The Labute approximate surface area is 133 Å². The van der Waals surface area contributed by atoms with Gasteiger partial charge in [-0.25, -0.2) is 0 Å². The van der Waals surface area contributed by atoms with Crippen molar-refractivity contribution in [2.45, 2.75) is 32.7 Å². The molecule has 1 N–H and O–H groups in total. The number of pyridine rings is 1. The zero-order valence-corrected chi connectivity index (χ0v) is 13.2. The zero-order valence-electron chi connectivity index (χ0n) is 12.4. The van der Waals surface area contributed by atoms with Crippen LogP contribution < -0.4 is 5.32 Å². The number of nitrogens with zero attached hydrogens (tertiary/aromatic N) is 4. The Morgan fingerprint density at radius 3 is 3.05 bits per heavy atom. The van der Waals surface area contributed by atoms with E-state index in [-0.39, 0.29) is 5.78 Å². The number of fused-ring (bicyclic) bond motifs is 1. The number of amidine groups is 1. The SMILES string of the molecule is CCNC1=NCc2cc(CC(=O)CCc3cnsn3)ncc21. The van der Waals surface area contributed by atoms with E-state index in [0.717, 1.165) is 34.9 Å². The maximum atomic E-state index is 12.0. The van der Waals surface area contributed by atoms with Gasteiger partial charge in [-0.15, -0.1) is 0 Å². The van der Waals surface area contributed by atoms with Crippen LogP contribution in [0.4, 0.5) is 0 Å². The maximum Gasteiger partial charge on any atom is 0.139 e. The molecule has 2 aromatic rings. The summed E-state index contributed by atoms with van der Waals surface area (Å²) in [5.74, 6) is 1.07. The lowest BCUT2D eigenvalue weighted by Gasteiger charge is -2.06. The predicted octanol–water partition coefficient (Wildman–Crippen LogP) is 1.55. The average Bonchev–Trinajstić information content (AvgIpc) is 3.15. The highest BCUT2D eigenvalue weighted by Crippen LogP contribution is 2.18. The first-order valence-corrected chi connectivity index (χ1v) is 8.04. The Bertz CT molecular complexity index is 696. The molecule has 0 unspecified atom stereocenters. The second-order valence-electron chi connectivity index (χ2n) is 5.14. The predicted molar refractivity (Wildman–Crippen MR) is 85.1 cm³/mol. The molecule has 0 atom stereocenters. The summed E-state index contributed by atoms with van der Waals surface area (Å²) in [6.07, 6.45) is 5.01. The van der Waals surface area contributed by atoms with Crippen LogP contribution in [0.2, 0.25) is 0 Å². The number of carbonyl (C=O) groups is 1. The molecular formula is C15H17N5OS. The number of hydrogen-bond acceptors (Lipinski definition) is 7. The molecule has 1 aliphatic rings. The molecule has 3 rings (SSSR count). The van der Waals surface area contributed by atoms with Gasteiger partial charge in [0.2, 0.25) is 0 Å². The molecule has 0 aromatic carbocycles. The van der Waals surface area contributed by atoms with E-state index in [1.807, 2.05) is 19.2 Å². The largest absolute Gasteiger partial charge is 0.370 e. The summed E-state index contributed by atoms with van der Waals surface area (Å²) in [7, 11) is 0. The third-order valence-corrected chi connectivity index (χ3v) is 4.01. The van der Waals surface area contributed by atoms with Gasteiger partial charge in [-0.1, -0.05) is 0 Å². The average molecular weight is 315 g/mol. The minimum Gasteiger partial charge on any atom is -0.370 e. The Kier molecular flexibility index (Phi) is 4.53. The van der Waals surface area contributed by atoms with Crippen molar-refractivity contribution in [3.05, 3.63) is 41.0 Å². The third-order valence-electron chi connectivity index (χ3n) is 3.50. The first-order chi connectivity index (χ1) is 10.8. The number of Topliss-reactive ketones (excluding diaryl/α,β-unsaturated/α-hetero) is 1. The van der Waals surface area contributed by atoms with Crippen molar-refractivity contribution in [3.63, 3.8) is 0 Å². The molecule has 0 fully saturated rings. The highest BCUT2D eigenvalue weighted by atomic mass is 32.1. The molecule has 0 saturated carbocycles. The van der Waals surface area contributed by atoms with Gasteiger partial charge in [0.05, 0.1) is 30.2 Å². The molecule has 2 aromatic heterocycles. The first kappa shape index (κ1) is 14.8. The third kappa shape index (κ3) is 3.36. The van der Waals surface area contributed by atoms with Crippen molar-refractivity contribution in [1.29, 1.82) is 0 Å². The molecular weight excluding hydrogens is 298 g/mol. The monoisotopic (exact) mass is 315 g/mol. The van der Waals surface area contributed by atoms with Gasteiger partial charge in [0.25, 0.3) is 0 Å². The Balaban J connectivity index is 1.59. The Morgan fingerprint density at radius 1 is 1.36 bits per heavy atom. The number of carbonyl (C=O) groups excluding carboxylic acids is 1. The van der Waals surface area contributed by atoms with E-state index in [9.17, 15) is 4.79 Å². The molecule has 1 aliphatic heterocycles. The van der Waals surface area contributed by atoms with Crippen LogP contribution in [0.5, 0.6) is 0 Å². The first-order valence-electron chi connectivity index (χ1n) is 7.31. The van der Waals surface area contributed by atoms with E-state index in [1.165, 1.54) is 11.7 Å². The molecule has 114 valence electrons. The standard InChI is InChI=1S/C15H17N5OS/c1-2-16-15-14-9-17-12(5-10(14)7-18-15)6-13(21)4-3-11-8-19-22-20-11/h5,8-9H,2-4,6-7H2,1H3,(H,16,18). The number of nitrogens with one attached hydrogen (secondary N) is 1. The smallest absolute Gasteiger partial charge is 0.139 e. The molecule has 0 aliphatic carbocycles. The van der Waals surface area contributed by atoms with Crippen molar-refractivity contribution in [3.8, 4) is 0 Å². The van der Waals surface area contributed by atoms with E-state index in [0.29, 0.717) is 25.8 Å². The van der Waals surface area contributed by atoms with E-state index in [2.05, 4.69) is 24.0 Å². The number of rotatable bonds is 6. The highest BCUT2D eigenvalue weighted by molar-refractivity contribution is 6.99. The van der Waals surface area contributed by atoms with Crippen LogP contribution in [0, 0.1) is 0 Å². The van der Waals surface area contributed by atoms with Crippen LogP contribution in [-0.2, 0) is 24.2 Å². The van der Waals surface area contributed by atoms with Crippen molar-refractivity contribution in [2.75, 3.05) is 6.54 Å². The zero-order chi connectivity index (χ0) is 15.4. The second-order valence-corrected chi connectivity index (χ2v) is 5.70.